The summed E-state index contributed by atoms with van der Waals surface area (Å²) in [5.41, 5.74) is -0.999. The fourth-order valence-corrected chi connectivity index (χ4v) is 3.11. The summed E-state index contributed by atoms with van der Waals surface area (Å²) in [5, 5.41) is 0.236. The van der Waals surface area contributed by atoms with E-state index in [2.05, 4.69) is 12.5 Å². The zero-order valence-electron chi connectivity index (χ0n) is 12.7. The lowest BCUT2D eigenvalue weighted by Gasteiger charge is -2.28. The zero-order valence-corrected chi connectivity index (χ0v) is 13.4. The molecule has 0 aromatic rings. The van der Waals surface area contributed by atoms with E-state index < -0.39 is 29.4 Å². The quantitative estimate of drug-likeness (QED) is 0.443. The Balaban J connectivity index is 2.13. The molecule has 2 aliphatic rings. The second-order valence-corrected chi connectivity index (χ2v) is 6.74. The number of hydrogen-bond acceptors (Lipinski definition) is 4. The van der Waals surface area contributed by atoms with E-state index >= 15 is 0 Å². The third-order valence-corrected chi connectivity index (χ3v) is 4.19. The van der Waals surface area contributed by atoms with Crippen molar-refractivity contribution >= 4 is 23.5 Å². The molecule has 2 rings (SSSR count). The number of carbonyl (C=O) groups excluding carboxylic acids is 2. The SMILES string of the molecule is C#CC(C)(C)OC(=O)[C@H]1[C@@H](C(=O)OCC(=C)Cl)[C@@H]2C=C[C@@H]1C2. The van der Waals surface area contributed by atoms with Crippen molar-refractivity contribution in [3.63, 3.8) is 0 Å². The van der Waals surface area contributed by atoms with Gasteiger partial charge in [-0.3, -0.25) is 9.59 Å². The summed E-state index contributed by atoms with van der Waals surface area (Å²) in [6.45, 7) is 6.69. The Kier molecular flexibility index (Phi) is 4.67. The van der Waals surface area contributed by atoms with Crippen molar-refractivity contribution in [1.29, 1.82) is 0 Å². The molecule has 0 heterocycles. The van der Waals surface area contributed by atoms with Crippen molar-refractivity contribution in [2.75, 3.05) is 6.61 Å². The monoisotopic (exact) mass is 322 g/mol. The molecule has 2 bridgehead atoms. The average Bonchev–Trinajstić information content (AvgIpc) is 3.04. The highest BCUT2D eigenvalue weighted by Crippen LogP contribution is 2.49. The van der Waals surface area contributed by atoms with Crippen molar-refractivity contribution in [2.45, 2.75) is 25.9 Å². The maximum atomic E-state index is 12.5. The third kappa shape index (κ3) is 3.36. The first-order chi connectivity index (χ1) is 10.2. The summed E-state index contributed by atoms with van der Waals surface area (Å²) in [7, 11) is 0. The minimum absolute atomic E-state index is 0.00686. The van der Waals surface area contributed by atoms with Crippen LogP contribution in [0.4, 0.5) is 0 Å². The molecule has 0 aromatic carbocycles. The van der Waals surface area contributed by atoms with Gasteiger partial charge in [-0.25, -0.2) is 0 Å². The molecule has 1 fully saturated rings. The number of carbonyl (C=O) groups is 2. The van der Waals surface area contributed by atoms with Crippen LogP contribution in [0, 0.1) is 36.0 Å². The first kappa shape index (κ1) is 16.6. The van der Waals surface area contributed by atoms with Crippen molar-refractivity contribution < 1.29 is 19.1 Å². The number of ether oxygens (including phenoxy) is 2. The molecular weight excluding hydrogens is 304 g/mol. The summed E-state index contributed by atoms with van der Waals surface area (Å²) in [6.07, 6.45) is 10.0. The molecule has 5 heteroatoms. The lowest BCUT2D eigenvalue weighted by Crippen LogP contribution is -2.39. The summed E-state index contributed by atoms with van der Waals surface area (Å²) < 4.78 is 10.5. The normalized spacial score (nSPS) is 29.0. The van der Waals surface area contributed by atoms with Crippen molar-refractivity contribution in [3.8, 4) is 12.3 Å². The van der Waals surface area contributed by atoms with Crippen LogP contribution in [0.1, 0.15) is 20.3 Å². The molecule has 1 saturated carbocycles. The van der Waals surface area contributed by atoms with Crippen LogP contribution in [0.25, 0.3) is 0 Å². The molecular formula is C17H19ClO4. The van der Waals surface area contributed by atoms with Crippen LogP contribution < -0.4 is 0 Å². The van der Waals surface area contributed by atoms with Gasteiger partial charge in [-0.15, -0.1) is 6.42 Å². The molecule has 0 amide bonds. The van der Waals surface area contributed by atoms with Crippen LogP contribution in [0.5, 0.6) is 0 Å². The molecule has 0 unspecified atom stereocenters. The average molecular weight is 323 g/mol. The Bertz CT molecular complexity index is 570. The van der Waals surface area contributed by atoms with E-state index in [0.29, 0.717) is 0 Å². The fourth-order valence-electron chi connectivity index (χ4n) is 3.06. The lowest BCUT2D eigenvalue weighted by molar-refractivity contribution is -0.166. The van der Waals surface area contributed by atoms with Gasteiger partial charge in [-0.05, 0) is 32.1 Å². The van der Waals surface area contributed by atoms with E-state index in [1.54, 1.807) is 13.8 Å². The van der Waals surface area contributed by atoms with E-state index in [4.69, 9.17) is 27.5 Å². The summed E-state index contributed by atoms with van der Waals surface area (Å²) >= 11 is 5.61. The van der Waals surface area contributed by atoms with E-state index in [1.165, 1.54) is 0 Å². The van der Waals surface area contributed by atoms with E-state index in [9.17, 15) is 9.59 Å². The van der Waals surface area contributed by atoms with E-state index in [-0.39, 0.29) is 23.5 Å². The number of terminal acetylenes is 1. The molecule has 0 N–H and O–H groups in total. The summed E-state index contributed by atoms with van der Waals surface area (Å²) in [6, 6.07) is 0. The largest absolute Gasteiger partial charge is 0.460 e. The Hall–Kier alpha value is -1.73. The molecule has 0 saturated heterocycles. The van der Waals surface area contributed by atoms with Gasteiger partial charge < -0.3 is 9.47 Å². The van der Waals surface area contributed by atoms with Crippen LogP contribution in [-0.2, 0) is 19.1 Å². The van der Waals surface area contributed by atoms with Crippen molar-refractivity contribution in [1.82, 2.24) is 0 Å². The maximum absolute atomic E-state index is 12.5. The highest BCUT2D eigenvalue weighted by atomic mass is 35.5. The topological polar surface area (TPSA) is 52.6 Å². The minimum atomic E-state index is -0.999. The molecule has 2 aliphatic carbocycles. The third-order valence-electron chi connectivity index (χ3n) is 4.08. The maximum Gasteiger partial charge on any atom is 0.311 e. The van der Waals surface area contributed by atoms with Gasteiger partial charge in [0.15, 0.2) is 5.60 Å². The standard InChI is InChI=1S/C17H19ClO4/c1-5-17(3,4)22-16(20)14-12-7-6-11(8-12)13(14)15(19)21-9-10(2)18/h1,6-7,11-14H,2,8-9H2,3-4H3/t11-,12-,13+,14-/m1/s1. The minimum Gasteiger partial charge on any atom is -0.460 e. The van der Waals surface area contributed by atoms with Crippen LogP contribution in [0.2, 0.25) is 0 Å². The second kappa shape index (κ2) is 6.18. The predicted octanol–water partition coefficient (Wildman–Crippen LogP) is 2.68. The first-order valence-electron chi connectivity index (χ1n) is 7.14. The molecule has 4 atom stereocenters. The summed E-state index contributed by atoms with van der Waals surface area (Å²) in [5.74, 6) is 0.396. The molecule has 118 valence electrons. The number of esters is 2. The highest BCUT2D eigenvalue weighted by Gasteiger charge is 2.53. The Labute approximate surface area is 135 Å². The van der Waals surface area contributed by atoms with Crippen molar-refractivity contribution in [2.24, 2.45) is 23.7 Å². The Morgan fingerprint density at radius 2 is 1.86 bits per heavy atom. The van der Waals surface area contributed by atoms with Gasteiger partial charge in [0, 0.05) is 5.03 Å². The highest BCUT2D eigenvalue weighted by molar-refractivity contribution is 6.29. The number of rotatable bonds is 5. The number of allylic oxidation sites excluding steroid dienone is 2. The lowest BCUT2D eigenvalue weighted by atomic mass is 9.83. The predicted molar refractivity (Wildman–Crippen MR) is 82.7 cm³/mol. The molecule has 4 nitrogen and oxygen atoms in total. The Morgan fingerprint density at radius 3 is 2.36 bits per heavy atom. The molecule has 0 aliphatic heterocycles. The first-order valence-corrected chi connectivity index (χ1v) is 7.52. The number of fused-ring (bicyclic) bond motifs is 2. The van der Waals surface area contributed by atoms with Gasteiger partial charge in [-0.1, -0.05) is 36.3 Å². The van der Waals surface area contributed by atoms with Gasteiger partial charge in [0.2, 0.25) is 0 Å². The smallest absolute Gasteiger partial charge is 0.311 e. The molecule has 22 heavy (non-hydrogen) atoms. The van der Waals surface area contributed by atoms with Crippen molar-refractivity contribution in [3.05, 3.63) is 23.8 Å². The fraction of sp³-hybridized carbons (Fsp3) is 0.529. The number of hydrogen-bond donors (Lipinski definition) is 0. The zero-order chi connectivity index (χ0) is 16.5. The van der Waals surface area contributed by atoms with Gasteiger partial charge in [0.25, 0.3) is 0 Å². The number of halogens is 1. The van der Waals surface area contributed by atoms with Crippen LogP contribution in [0.3, 0.4) is 0 Å². The van der Waals surface area contributed by atoms with E-state index in [0.717, 1.165) is 6.42 Å². The molecule has 0 aromatic heterocycles. The van der Waals surface area contributed by atoms with Gasteiger partial charge >= 0.3 is 11.9 Å². The van der Waals surface area contributed by atoms with Crippen LogP contribution >= 0.6 is 11.6 Å². The molecule has 0 spiro atoms. The Morgan fingerprint density at radius 1 is 1.32 bits per heavy atom. The van der Waals surface area contributed by atoms with Crippen LogP contribution in [0.15, 0.2) is 23.8 Å². The summed E-state index contributed by atoms with van der Waals surface area (Å²) in [4.78, 5) is 24.7. The van der Waals surface area contributed by atoms with Gasteiger partial charge in [0.1, 0.15) is 6.61 Å². The molecule has 0 radical (unpaired) electrons. The second-order valence-electron chi connectivity index (χ2n) is 6.20. The van der Waals surface area contributed by atoms with Gasteiger partial charge in [-0.2, -0.15) is 0 Å². The van der Waals surface area contributed by atoms with Gasteiger partial charge in [0.05, 0.1) is 11.8 Å². The van der Waals surface area contributed by atoms with E-state index in [1.807, 2.05) is 12.2 Å². The van der Waals surface area contributed by atoms with Crippen LogP contribution in [-0.4, -0.2) is 24.1 Å².